The zero-order chi connectivity index (χ0) is 9.26. The van der Waals surface area contributed by atoms with Crippen molar-refractivity contribution >= 4 is 8.25 Å². The Kier molecular flexibility index (Phi) is 2.40. The van der Waals surface area contributed by atoms with Crippen LogP contribution in [-0.4, -0.2) is 11.0 Å². The highest BCUT2D eigenvalue weighted by Crippen LogP contribution is 2.46. The van der Waals surface area contributed by atoms with E-state index in [1.54, 1.807) is 0 Å². The van der Waals surface area contributed by atoms with Crippen LogP contribution in [0, 0.1) is 0 Å². The van der Waals surface area contributed by atoms with Crippen LogP contribution < -0.4 is 0 Å². The van der Waals surface area contributed by atoms with Crippen molar-refractivity contribution in [1.29, 1.82) is 0 Å². The lowest BCUT2D eigenvalue weighted by atomic mass is 10.1. The molecule has 1 aliphatic carbocycles. The van der Waals surface area contributed by atoms with Crippen LogP contribution in [0.15, 0.2) is 30.3 Å². The molecule has 0 spiro atoms. The molecule has 3 atom stereocenters. The third kappa shape index (κ3) is 2.13. The maximum absolute atomic E-state index is 10.4. The lowest BCUT2D eigenvalue weighted by Gasteiger charge is -1.94. The number of benzene rings is 1. The molecule has 13 heavy (non-hydrogen) atoms. The Hall–Kier alpha value is -0.760. The van der Waals surface area contributed by atoms with Crippen molar-refractivity contribution in [3.05, 3.63) is 35.9 Å². The molecule has 0 bridgehead atoms. The minimum Gasteiger partial charge on any atom is -0.133 e. The minimum absolute atomic E-state index is 0.0592. The predicted octanol–water partition coefficient (Wildman–Crippen LogP) is 2.21. The van der Waals surface area contributed by atoms with Crippen molar-refractivity contribution in [3.8, 4) is 0 Å². The molecule has 0 saturated heterocycles. The summed E-state index contributed by atoms with van der Waals surface area (Å²) in [7, 11) is -2.44. The van der Waals surface area contributed by atoms with Gasteiger partial charge in [-0.2, -0.15) is 0 Å². The summed E-state index contributed by atoms with van der Waals surface area (Å²) in [6.07, 6.45) is 0.794. The monoisotopic (exact) mass is 197 g/mol. The quantitative estimate of drug-likeness (QED) is 0.755. The van der Waals surface area contributed by atoms with Gasteiger partial charge in [-0.3, -0.25) is 0 Å². The van der Waals surface area contributed by atoms with Crippen LogP contribution in [0.5, 0.6) is 0 Å². The normalized spacial score (nSPS) is 27.0. The van der Waals surface area contributed by atoms with Gasteiger partial charge in [0.05, 0.1) is 0 Å². The van der Waals surface area contributed by atoms with Crippen molar-refractivity contribution in [2.24, 2.45) is 0 Å². The molecule has 2 rings (SSSR count). The lowest BCUT2D eigenvalue weighted by Crippen LogP contribution is -1.88. The minimum atomic E-state index is -2.44. The van der Waals surface area contributed by atoms with Crippen LogP contribution in [0.3, 0.4) is 0 Å². The molecule has 1 aromatic rings. The molecule has 1 aromatic carbocycles. The van der Waals surface area contributed by atoms with Crippen molar-refractivity contribution < 1.29 is 14.0 Å². The summed E-state index contributed by atoms with van der Waals surface area (Å²) in [5.74, 6) is 0.312. The van der Waals surface area contributed by atoms with Crippen LogP contribution in [0.4, 0.5) is 0 Å². The molecule has 1 aliphatic rings. The van der Waals surface area contributed by atoms with Crippen LogP contribution >= 0.6 is 8.25 Å². The average Bonchev–Trinajstić information content (AvgIpc) is 2.84. The largest absolute Gasteiger partial charge is 0.695 e. The van der Waals surface area contributed by atoms with Crippen LogP contribution in [0.1, 0.15) is 17.9 Å². The van der Waals surface area contributed by atoms with Gasteiger partial charge in [-0.15, -0.1) is 9.42 Å². The fourth-order valence-corrected chi connectivity index (χ4v) is 1.92. The van der Waals surface area contributed by atoms with Crippen molar-refractivity contribution in [2.45, 2.75) is 18.4 Å². The average molecular weight is 197 g/mol. The van der Waals surface area contributed by atoms with E-state index in [2.05, 4.69) is 0 Å². The summed E-state index contributed by atoms with van der Waals surface area (Å²) in [6, 6.07) is 9.90. The number of hydrogen-bond donors (Lipinski definition) is 1. The molecule has 1 fully saturated rings. The number of hydrogen-bond acceptors (Lipinski definition) is 2. The van der Waals surface area contributed by atoms with E-state index >= 15 is 0 Å². The maximum Gasteiger partial charge on any atom is 0.695 e. The van der Waals surface area contributed by atoms with Gasteiger partial charge < -0.3 is 0 Å². The highest BCUT2D eigenvalue weighted by Gasteiger charge is 2.45. The summed E-state index contributed by atoms with van der Waals surface area (Å²) in [6.45, 7) is 0. The first-order valence-electron chi connectivity index (χ1n) is 4.15. The van der Waals surface area contributed by atoms with Gasteiger partial charge in [-0.25, -0.2) is 0 Å². The van der Waals surface area contributed by atoms with Gasteiger partial charge in [0.2, 0.25) is 0 Å². The van der Waals surface area contributed by atoms with Crippen LogP contribution in [0.2, 0.25) is 0 Å². The van der Waals surface area contributed by atoms with Gasteiger partial charge in [0.1, 0.15) is 6.10 Å². The Bertz CT molecular complexity index is 312. The van der Waals surface area contributed by atoms with E-state index in [1.165, 1.54) is 5.56 Å². The van der Waals surface area contributed by atoms with Gasteiger partial charge in [0, 0.05) is 10.5 Å². The standard InChI is InChI=1S/C9H9O3P/c10-13(11)12-9-6-8(9)7-4-2-1-3-5-7/h1-5,8-9H,6H2/p+1. The van der Waals surface area contributed by atoms with Crippen LogP contribution in [-0.2, 0) is 9.09 Å². The summed E-state index contributed by atoms with van der Waals surface area (Å²) in [5.41, 5.74) is 1.18. The molecular formula is C9H10O3P+. The van der Waals surface area contributed by atoms with E-state index in [9.17, 15) is 4.57 Å². The highest BCUT2D eigenvalue weighted by molar-refractivity contribution is 7.32. The Labute approximate surface area is 77.3 Å². The molecule has 0 aliphatic heterocycles. The smallest absolute Gasteiger partial charge is 0.133 e. The molecule has 68 valence electrons. The second kappa shape index (κ2) is 3.54. The lowest BCUT2D eigenvalue weighted by molar-refractivity contribution is 0.265. The van der Waals surface area contributed by atoms with Gasteiger partial charge in [-0.1, -0.05) is 30.3 Å². The van der Waals surface area contributed by atoms with Gasteiger partial charge >= 0.3 is 8.25 Å². The highest BCUT2D eigenvalue weighted by atomic mass is 31.1. The van der Waals surface area contributed by atoms with Crippen LogP contribution in [0.25, 0.3) is 0 Å². The topological polar surface area (TPSA) is 46.5 Å². The fraction of sp³-hybridized carbons (Fsp3) is 0.333. The first kappa shape index (κ1) is 8.82. The molecule has 3 nitrogen and oxygen atoms in total. The fourth-order valence-electron chi connectivity index (χ4n) is 1.45. The van der Waals surface area contributed by atoms with E-state index in [4.69, 9.17) is 9.42 Å². The van der Waals surface area contributed by atoms with Gasteiger partial charge in [-0.05, 0) is 12.0 Å². The molecule has 0 amide bonds. The summed E-state index contributed by atoms with van der Waals surface area (Å²) < 4.78 is 15.1. The van der Waals surface area contributed by atoms with E-state index in [0.717, 1.165) is 6.42 Å². The zero-order valence-corrected chi connectivity index (χ0v) is 7.85. The Morgan fingerprint density at radius 1 is 1.38 bits per heavy atom. The molecule has 3 unspecified atom stereocenters. The molecule has 0 heterocycles. The first-order valence-corrected chi connectivity index (χ1v) is 5.28. The van der Waals surface area contributed by atoms with E-state index in [1.807, 2.05) is 30.3 Å². The molecule has 1 N–H and O–H groups in total. The van der Waals surface area contributed by atoms with Gasteiger partial charge in [0.15, 0.2) is 0 Å². The molecule has 1 saturated carbocycles. The van der Waals surface area contributed by atoms with Crippen molar-refractivity contribution in [1.82, 2.24) is 0 Å². The zero-order valence-electron chi connectivity index (χ0n) is 6.96. The molecule has 0 radical (unpaired) electrons. The summed E-state index contributed by atoms with van der Waals surface area (Å²) >= 11 is 0. The molecular weight excluding hydrogens is 187 g/mol. The van der Waals surface area contributed by atoms with E-state index < -0.39 is 8.25 Å². The van der Waals surface area contributed by atoms with Crippen molar-refractivity contribution in [2.75, 3.05) is 0 Å². The van der Waals surface area contributed by atoms with E-state index in [-0.39, 0.29) is 6.10 Å². The Balaban J connectivity index is 1.97. The third-order valence-electron chi connectivity index (χ3n) is 2.19. The number of rotatable bonds is 3. The second-order valence-electron chi connectivity index (χ2n) is 3.13. The SMILES string of the molecule is O=[P+](O)OC1CC1c1ccccc1. The molecule has 4 heteroatoms. The predicted molar refractivity (Wildman–Crippen MR) is 48.5 cm³/mol. The Morgan fingerprint density at radius 3 is 2.69 bits per heavy atom. The van der Waals surface area contributed by atoms with Crippen molar-refractivity contribution in [3.63, 3.8) is 0 Å². The second-order valence-corrected chi connectivity index (χ2v) is 3.82. The summed E-state index contributed by atoms with van der Waals surface area (Å²) in [5, 5.41) is 0. The third-order valence-corrected chi connectivity index (χ3v) is 2.64. The molecule has 0 aromatic heterocycles. The van der Waals surface area contributed by atoms with E-state index in [0.29, 0.717) is 5.92 Å². The first-order chi connectivity index (χ1) is 6.27. The maximum atomic E-state index is 10.4. The Morgan fingerprint density at radius 2 is 2.08 bits per heavy atom. The van der Waals surface area contributed by atoms with Gasteiger partial charge in [0.25, 0.3) is 0 Å². The summed E-state index contributed by atoms with van der Waals surface area (Å²) in [4.78, 5) is 8.51.